The molecule has 0 radical (unpaired) electrons. The zero-order chi connectivity index (χ0) is 15.1. The SMILES string of the molecule is CCOP(=O)(OCC)Sc1ccccc1-c1ccccc1. The van der Waals surface area contributed by atoms with Crippen molar-refractivity contribution < 1.29 is 13.6 Å². The van der Waals surface area contributed by atoms with Crippen LogP contribution in [-0.4, -0.2) is 13.2 Å². The van der Waals surface area contributed by atoms with Crippen molar-refractivity contribution in [1.29, 1.82) is 0 Å². The average molecular weight is 322 g/mol. The van der Waals surface area contributed by atoms with Gasteiger partial charge in [0.1, 0.15) is 0 Å². The predicted octanol–water partition coefficient (Wildman–Crippen LogP) is 5.63. The minimum absolute atomic E-state index is 0.359. The van der Waals surface area contributed by atoms with E-state index in [1.54, 1.807) is 0 Å². The van der Waals surface area contributed by atoms with E-state index in [0.29, 0.717) is 13.2 Å². The quantitative estimate of drug-likeness (QED) is 0.619. The third kappa shape index (κ3) is 4.45. The summed E-state index contributed by atoms with van der Waals surface area (Å²) in [4.78, 5) is 0.897. The van der Waals surface area contributed by atoms with E-state index in [4.69, 9.17) is 9.05 Å². The van der Waals surface area contributed by atoms with Crippen LogP contribution in [0.3, 0.4) is 0 Å². The van der Waals surface area contributed by atoms with Crippen LogP contribution in [0.15, 0.2) is 59.5 Å². The molecule has 0 amide bonds. The van der Waals surface area contributed by atoms with Crippen molar-refractivity contribution >= 4 is 18.2 Å². The van der Waals surface area contributed by atoms with Crippen LogP contribution in [0.1, 0.15) is 13.8 Å². The molecule has 0 unspecified atom stereocenters. The van der Waals surface area contributed by atoms with E-state index in [-0.39, 0.29) is 0 Å². The average Bonchev–Trinajstić information content (AvgIpc) is 2.49. The van der Waals surface area contributed by atoms with Gasteiger partial charge in [0.25, 0.3) is 0 Å². The lowest BCUT2D eigenvalue weighted by Crippen LogP contribution is -1.93. The summed E-state index contributed by atoms with van der Waals surface area (Å²) in [6, 6.07) is 17.9. The molecule has 0 aliphatic rings. The van der Waals surface area contributed by atoms with Gasteiger partial charge in [-0.3, -0.25) is 0 Å². The molecule has 5 heteroatoms. The highest BCUT2D eigenvalue weighted by Gasteiger charge is 2.26. The molecule has 0 spiro atoms. The van der Waals surface area contributed by atoms with Crippen LogP contribution in [0, 0.1) is 0 Å². The molecule has 21 heavy (non-hydrogen) atoms. The summed E-state index contributed by atoms with van der Waals surface area (Å²) in [7, 11) is 0. The zero-order valence-corrected chi connectivity index (χ0v) is 13.9. The standard InChI is InChI=1S/C16H19O3PS/c1-3-18-20(17,19-4-2)21-16-13-9-8-12-15(16)14-10-6-5-7-11-14/h5-13H,3-4H2,1-2H3. The first kappa shape index (κ1) is 16.3. The molecule has 2 aromatic rings. The van der Waals surface area contributed by atoms with Crippen molar-refractivity contribution in [2.24, 2.45) is 0 Å². The maximum absolute atomic E-state index is 12.7. The molecule has 0 N–H and O–H groups in total. The normalized spacial score (nSPS) is 11.5. The molecule has 0 atom stereocenters. The van der Waals surface area contributed by atoms with Crippen LogP contribution < -0.4 is 0 Å². The van der Waals surface area contributed by atoms with Crippen LogP contribution in [0.5, 0.6) is 0 Å². The van der Waals surface area contributed by atoms with E-state index >= 15 is 0 Å². The largest absolute Gasteiger partial charge is 0.393 e. The molecule has 0 saturated heterocycles. The fourth-order valence-electron chi connectivity index (χ4n) is 1.93. The minimum atomic E-state index is -3.17. The fraction of sp³-hybridized carbons (Fsp3) is 0.250. The Hall–Kier alpha value is -1.06. The molecule has 0 aliphatic heterocycles. The molecule has 0 saturated carbocycles. The van der Waals surface area contributed by atoms with Crippen molar-refractivity contribution in [3.8, 4) is 11.1 Å². The molecule has 3 nitrogen and oxygen atoms in total. The molecule has 0 aromatic heterocycles. The maximum Gasteiger partial charge on any atom is 0.393 e. The van der Waals surface area contributed by atoms with Gasteiger partial charge in [-0.25, -0.2) is 4.57 Å². The summed E-state index contributed by atoms with van der Waals surface area (Å²) < 4.78 is 23.4. The van der Waals surface area contributed by atoms with Gasteiger partial charge in [0.15, 0.2) is 0 Å². The van der Waals surface area contributed by atoms with Gasteiger partial charge in [-0.05, 0) is 42.4 Å². The zero-order valence-electron chi connectivity index (χ0n) is 12.2. The highest BCUT2D eigenvalue weighted by atomic mass is 32.7. The van der Waals surface area contributed by atoms with E-state index in [0.717, 1.165) is 16.0 Å². The third-order valence-corrected chi connectivity index (χ3v) is 6.57. The number of hydrogen-bond donors (Lipinski definition) is 0. The molecule has 0 bridgehead atoms. The monoisotopic (exact) mass is 322 g/mol. The maximum atomic E-state index is 12.7. The van der Waals surface area contributed by atoms with Gasteiger partial charge in [-0.1, -0.05) is 48.5 Å². The first-order valence-corrected chi connectivity index (χ1v) is 9.88. The lowest BCUT2D eigenvalue weighted by molar-refractivity contribution is 0.237. The first-order valence-electron chi connectivity index (χ1n) is 6.91. The van der Waals surface area contributed by atoms with Gasteiger partial charge in [0.2, 0.25) is 0 Å². The highest BCUT2D eigenvalue weighted by molar-refractivity contribution is 8.55. The van der Waals surface area contributed by atoms with Crippen molar-refractivity contribution in [3.63, 3.8) is 0 Å². The topological polar surface area (TPSA) is 35.5 Å². The van der Waals surface area contributed by atoms with Crippen molar-refractivity contribution in [3.05, 3.63) is 54.6 Å². The Morgan fingerprint density at radius 2 is 1.48 bits per heavy atom. The van der Waals surface area contributed by atoms with Crippen LogP contribution in [-0.2, 0) is 13.6 Å². The van der Waals surface area contributed by atoms with E-state index in [9.17, 15) is 4.57 Å². The predicted molar refractivity (Wildman–Crippen MR) is 88.6 cm³/mol. The minimum Gasteiger partial charge on any atom is -0.301 e. The van der Waals surface area contributed by atoms with Gasteiger partial charge < -0.3 is 9.05 Å². The second kappa shape index (κ2) is 7.81. The van der Waals surface area contributed by atoms with E-state index < -0.39 is 6.80 Å². The summed E-state index contributed by atoms with van der Waals surface area (Å²) in [6.45, 7) is 1.18. The van der Waals surface area contributed by atoms with Crippen molar-refractivity contribution in [1.82, 2.24) is 0 Å². The molecule has 2 aromatic carbocycles. The Kier molecular flexibility index (Phi) is 6.07. The molecule has 0 fully saturated rings. The molecule has 2 rings (SSSR count). The van der Waals surface area contributed by atoms with Gasteiger partial charge in [-0.2, -0.15) is 0 Å². The van der Waals surface area contributed by atoms with E-state index in [1.807, 2.05) is 68.4 Å². The summed E-state index contributed by atoms with van der Waals surface area (Å²) >= 11 is 1.17. The third-order valence-electron chi connectivity index (χ3n) is 2.76. The number of rotatable bonds is 7. The second-order valence-electron chi connectivity index (χ2n) is 4.24. The Bertz CT molecular complexity index is 606. The lowest BCUT2D eigenvalue weighted by Gasteiger charge is -2.17. The Morgan fingerprint density at radius 1 is 0.905 bits per heavy atom. The van der Waals surface area contributed by atoms with Crippen LogP contribution in [0.2, 0.25) is 0 Å². The molecule has 112 valence electrons. The van der Waals surface area contributed by atoms with Gasteiger partial charge in [-0.15, -0.1) is 0 Å². The first-order chi connectivity index (χ1) is 10.2. The summed E-state index contributed by atoms with van der Waals surface area (Å²) in [6.07, 6.45) is 0. The molecular weight excluding hydrogens is 303 g/mol. The Balaban J connectivity index is 2.34. The van der Waals surface area contributed by atoms with Crippen LogP contribution in [0.4, 0.5) is 0 Å². The fourth-order valence-corrected chi connectivity index (χ4v) is 5.56. The number of hydrogen-bond acceptors (Lipinski definition) is 4. The highest BCUT2D eigenvalue weighted by Crippen LogP contribution is 2.64. The molecule has 0 heterocycles. The Labute approximate surface area is 130 Å². The van der Waals surface area contributed by atoms with E-state index in [1.165, 1.54) is 11.4 Å². The van der Waals surface area contributed by atoms with Crippen molar-refractivity contribution in [2.45, 2.75) is 18.7 Å². The van der Waals surface area contributed by atoms with Crippen LogP contribution >= 0.6 is 18.2 Å². The summed E-state index contributed by atoms with van der Waals surface area (Å²) in [5, 5.41) is 0. The number of benzene rings is 2. The molecular formula is C16H19O3PS. The van der Waals surface area contributed by atoms with Gasteiger partial charge in [0.05, 0.1) is 13.2 Å². The van der Waals surface area contributed by atoms with E-state index in [2.05, 4.69) is 0 Å². The van der Waals surface area contributed by atoms with Gasteiger partial charge in [0, 0.05) is 4.90 Å². The lowest BCUT2D eigenvalue weighted by atomic mass is 10.1. The van der Waals surface area contributed by atoms with Crippen LogP contribution in [0.25, 0.3) is 11.1 Å². The summed E-state index contributed by atoms with van der Waals surface area (Å²) in [5.74, 6) is 0. The van der Waals surface area contributed by atoms with Crippen molar-refractivity contribution in [2.75, 3.05) is 13.2 Å². The molecule has 0 aliphatic carbocycles. The smallest absolute Gasteiger partial charge is 0.301 e. The summed E-state index contributed by atoms with van der Waals surface area (Å²) in [5.41, 5.74) is 2.11. The van der Waals surface area contributed by atoms with Gasteiger partial charge >= 0.3 is 6.80 Å². The Morgan fingerprint density at radius 3 is 2.10 bits per heavy atom. The second-order valence-corrected chi connectivity index (χ2v) is 8.16.